The van der Waals surface area contributed by atoms with Crippen LogP contribution < -0.4 is 5.32 Å². The van der Waals surface area contributed by atoms with Crippen molar-refractivity contribution in [1.82, 2.24) is 4.90 Å². The molecule has 1 aliphatic rings. The number of anilines is 1. The van der Waals surface area contributed by atoms with Crippen molar-refractivity contribution in [1.29, 1.82) is 0 Å². The lowest BCUT2D eigenvalue weighted by atomic mass is 10.2. The molecule has 1 aromatic rings. The molecule has 0 bridgehead atoms. The molecule has 96 valence electrons. The van der Waals surface area contributed by atoms with Gasteiger partial charge in [0.2, 0.25) is 5.91 Å². The Hall–Kier alpha value is -1.82. The number of nitro benzene ring substituents is 1. The summed E-state index contributed by atoms with van der Waals surface area (Å²) in [6.45, 7) is 0.644. The predicted molar refractivity (Wildman–Crippen MR) is 67.8 cm³/mol. The number of hydrogen-bond acceptors (Lipinski definition) is 4. The third-order valence-electron chi connectivity index (χ3n) is 2.93. The van der Waals surface area contributed by atoms with Crippen LogP contribution in [0.1, 0.15) is 6.42 Å². The first-order valence-corrected chi connectivity index (χ1v) is 5.83. The fraction of sp³-hybridized carbons (Fsp3) is 0.364. The largest absolute Gasteiger partial charge is 0.368 e. The lowest BCUT2D eigenvalue weighted by molar-refractivity contribution is -0.383. The molecule has 1 heterocycles. The van der Waals surface area contributed by atoms with E-state index in [0.29, 0.717) is 13.0 Å². The lowest BCUT2D eigenvalue weighted by Crippen LogP contribution is -2.31. The molecule has 1 aromatic carbocycles. The van der Waals surface area contributed by atoms with Gasteiger partial charge in [0.05, 0.1) is 4.92 Å². The SMILES string of the molecule is CN1CCC(Nc2cccc(Cl)c2[N+](=O)[O-])C1=O. The second-order valence-electron chi connectivity index (χ2n) is 4.14. The summed E-state index contributed by atoms with van der Waals surface area (Å²) in [5.41, 5.74) is 0.0858. The van der Waals surface area contributed by atoms with Crippen molar-refractivity contribution in [3.8, 4) is 0 Å². The maximum atomic E-state index is 11.7. The molecule has 2 rings (SSSR count). The van der Waals surface area contributed by atoms with Crippen LogP contribution >= 0.6 is 11.6 Å². The number of rotatable bonds is 3. The van der Waals surface area contributed by atoms with E-state index in [4.69, 9.17) is 11.6 Å². The molecule has 1 atom stereocenters. The Morgan fingerprint density at radius 2 is 2.28 bits per heavy atom. The lowest BCUT2D eigenvalue weighted by Gasteiger charge is -2.13. The number of para-hydroxylation sites is 1. The molecule has 1 amide bonds. The molecule has 1 N–H and O–H groups in total. The van der Waals surface area contributed by atoms with Gasteiger partial charge in [0, 0.05) is 13.6 Å². The fourth-order valence-corrected chi connectivity index (χ4v) is 2.20. The van der Waals surface area contributed by atoms with Crippen LogP contribution in [0.5, 0.6) is 0 Å². The highest BCUT2D eigenvalue weighted by Crippen LogP contribution is 2.33. The van der Waals surface area contributed by atoms with E-state index in [1.807, 2.05) is 0 Å². The maximum Gasteiger partial charge on any atom is 0.310 e. The molecule has 7 heteroatoms. The summed E-state index contributed by atoms with van der Waals surface area (Å²) >= 11 is 5.80. The molecule has 1 aliphatic heterocycles. The first-order valence-electron chi connectivity index (χ1n) is 5.45. The van der Waals surface area contributed by atoms with Gasteiger partial charge in [0.1, 0.15) is 16.8 Å². The van der Waals surface area contributed by atoms with Crippen molar-refractivity contribution in [2.45, 2.75) is 12.5 Å². The van der Waals surface area contributed by atoms with Crippen molar-refractivity contribution < 1.29 is 9.72 Å². The summed E-state index contributed by atoms with van der Waals surface area (Å²) < 4.78 is 0. The van der Waals surface area contributed by atoms with Crippen LogP contribution in [0.4, 0.5) is 11.4 Å². The van der Waals surface area contributed by atoms with E-state index in [1.54, 1.807) is 24.1 Å². The number of likely N-dealkylation sites (N-methyl/N-ethyl adjacent to an activating group) is 1. The Bertz CT molecular complexity index is 506. The molecule has 1 unspecified atom stereocenters. The molecule has 0 radical (unpaired) electrons. The highest BCUT2D eigenvalue weighted by molar-refractivity contribution is 6.33. The van der Waals surface area contributed by atoms with E-state index in [-0.39, 0.29) is 22.3 Å². The van der Waals surface area contributed by atoms with E-state index < -0.39 is 11.0 Å². The highest BCUT2D eigenvalue weighted by Gasteiger charge is 2.31. The standard InChI is InChI=1S/C11H12ClN3O3/c1-14-6-5-9(11(14)16)13-8-4-2-3-7(12)10(8)15(17)18/h2-4,9,13H,5-6H2,1H3. The normalized spacial score (nSPS) is 19.1. The molecule has 0 spiro atoms. The Morgan fingerprint density at radius 1 is 1.56 bits per heavy atom. The molecular formula is C11H12ClN3O3. The number of carbonyl (C=O) groups excluding carboxylic acids is 1. The van der Waals surface area contributed by atoms with Crippen LogP contribution in [0.25, 0.3) is 0 Å². The number of amides is 1. The zero-order valence-electron chi connectivity index (χ0n) is 9.72. The predicted octanol–water partition coefficient (Wildman–Crippen LogP) is 1.89. The van der Waals surface area contributed by atoms with Crippen molar-refractivity contribution in [2.24, 2.45) is 0 Å². The fourth-order valence-electron chi connectivity index (χ4n) is 1.96. The van der Waals surface area contributed by atoms with Crippen LogP contribution in [0.2, 0.25) is 5.02 Å². The minimum Gasteiger partial charge on any atom is -0.368 e. The van der Waals surface area contributed by atoms with Crippen LogP contribution in [-0.4, -0.2) is 35.4 Å². The number of nitrogens with zero attached hydrogens (tertiary/aromatic N) is 2. The quantitative estimate of drug-likeness (QED) is 0.672. The summed E-state index contributed by atoms with van der Waals surface area (Å²) in [5, 5.41) is 13.9. The third kappa shape index (κ3) is 2.24. The van der Waals surface area contributed by atoms with Gasteiger partial charge in [-0.1, -0.05) is 17.7 Å². The van der Waals surface area contributed by atoms with Gasteiger partial charge in [-0.25, -0.2) is 0 Å². The zero-order valence-corrected chi connectivity index (χ0v) is 10.5. The maximum absolute atomic E-state index is 11.7. The number of carbonyl (C=O) groups is 1. The van der Waals surface area contributed by atoms with Crippen LogP contribution in [0.15, 0.2) is 18.2 Å². The second-order valence-corrected chi connectivity index (χ2v) is 4.55. The van der Waals surface area contributed by atoms with Gasteiger partial charge in [-0.3, -0.25) is 14.9 Å². The Morgan fingerprint density at radius 3 is 2.83 bits per heavy atom. The smallest absolute Gasteiger partial charge is 0.310 e. The molecule has 0 aromatic heterocycles. The van der Waals surface area contributed by atoms with E-state index in [9.17, 15) is 14.9 Å². The van der Waals surface area contributed by atoms with E-state index >= 15 is 0 Å². The number of benzene rings is 1. The van der Waals surface area contributed by atoms with Gasteiger partial charge in [-0.15, -0.1) is 0 Å². The number of halogens is 1. The molecule has 1 fully saturated rings. The summed E-state index contributed by atoms with van der Waals surface area (Å²) in [6, 6.07) is 4.19. The van der Waals surface area contributed by atoms with Crippen LogP contribution in [0, 0.1) is 10.1 Å². The topological polar surface area (TPSA) is 75.5 Å². The van der Waals surface area contributed by atoms with Gasteiger partial charge < -0.3 is 10.2 Å². The number of likely N-dealkylation sites (tertiary alicyclic amines) is 1. The van der Waals surface area contributed by atoms with Gasteiger partial charge in [0.15, 0.2) is 0 Å². The van der Waals surface area contributed by atoms with Crippen LogP contribution in [0.3, 0.4) is 0 Å². The molecule has 18 heavy (non-hydrogen) atoms. The van der Waals surface area contributed by atoms with Crippen molar-refractivity contribution in [3.05, 3.63) is 33.3 Å². The molecule has 0 saturated carbocycles. The van der Waals surface area contributed by atoms with Crippen molar-refractivity contribution in [3.63, 3.8) is 0 Å². The van der Waals surface area contributed by atoms with Gasteiger partial charge >= 0.3 is 5.69 Å². The summed E-state index contributed by atoms with van der Waals surface area (Å²) in [7, 11) is 1.70. The monoisotopic (exact) mass is 269 g/mol. The van der Waals surface area contributed by atoms with E-state index in [2.05, 4.69) is 5.32 Å². The number of hydrogen-bond donors (Lipinski definition) is 1. The Labute approximate surface area is 109 Å². The van der Waals surface area contributed by atoms with Crippen molar-refractivity contribution in [2.75, 3.05) is 18.9 Å². The molecule has 0 aliphatic carbocycles. The Balaban J connectivity index is 2.27. The number of nitrogens with one attached hydrogen (secondary N) is 1. The third-order valence-corrected chi connectivity index (χ3v) is 3.23. The number of nitro groups is 1. The van der Waals surface area contributed by atoms with Gasteiger partial charge in [0.25, 0.3) is 0 Å². The first kappa shape index (κ1) is 12.6. The Kier molecular flexibility index (Phi) is 3.38. The summed E-state index contributed by atoms with van der Waals surface area (Å²) in [6.07, 6.45) is 0.624. The highest BCUT2D eigenvalue weighted by atomic mass is 35.5. The van der Waals surface area contributed by atoms with E-state index in [1.165, 1.54) is 6.07 Å². The van der Waals surface area contributed by atoms with Gasteiger partial charge in [-0.05, 0) is 18.6 Å². The van der Waals surface area contributed by atoms with Crippen LogP contribution in [-0.2, 0) is 4.79 Å². The second kappa shape index (κ2) is 4.81. The minimum absolute atomic E-state index is 0.0591. The van der Waals surface area contributed by atoms with Gasteiger partial charge in [-0.2, -0.15) is 0 Å². The average molecular weight is 270 g/mol. The van der Waals surface area contributed by atoms with Crippen molar-refractivity contribution >= 4 is 28.9 Å². The zero-order chi connectivity index (χ0) is 13.3. The summed E-state index contributed by atoms with van der Waals surface area (Å²) in [5.74, 6) is -0.0655. The summed E-state index contributed by atoms with van der Waals surface area (Å²) in [4.78, 5) is 23.7. The van der Waals surface area contributed by atoms with E-state index in [0.717, 1.165) is 0 Å². The molecule has 6 nitrogen and oxygen atoms in total. The molecule has 1 saturated heterocycles. The minimum atomic E-state index is -0.548. The first-order chi connectivity index (χ1) is 8.50. The molecular weight excluding hydrogens is 258 g/mol. The average Bonchev–Trinajstić information content (AvgIpc) is 2.60.